The first kappa shape index (κ1) is 23.4. The smallest absolute Gasteiger partial charge is 0.295 e. The fraction of sp³-hybridized carbons (Fsp3) is 0.179. The number of H-pyrrole nitrogens is 1. The third-order valence-corrected chi connectivity index (χ3v) is 6.77. The second kappa shape index (κ2) is 9.47. The van der Waals surface area contributed by atoms with Crippen molar-refractivity contribution in [2.24, 2.45) is 0 Å². The van der Waals surface area contributed by atoms with Crippen LogP contribution in [0.3, 0.4) is 0 Å². The zero-order chi connectivity index (χ0) is 26.2. The van der Waals surface area contributed by atoms with Gasteiger partial charge in [-0.15, -0.1) is 0 Å². The van der Waals surface area contributed by atoms with E-state index in [-0.39, 0.29) is 24.6 Å². The van der Waals surface area contributed by atoms with Gasteiger partial charge in [0.05, 0.1) is 28.3 Å². The Kier molecular flexibility index (Phi) is 5.83. The molecule has 1 aliphatic rings. The lowest BCUT2D eigenvalue weighted by molar-refractivity contribution is -0.127. The van der Waals surface area contributed by atoms with Gasteiger partial charge in [-0.3, -0.25) is 29.3 Å². The maximum Gasteiger partial charge on any atom is 0.295 e. The molecule has 10 heteroatoms. The minimum absolute atomic E-state index is 0.187. The SMILES string of the molecule is Cc1cnc(-c2cnc3ccccc3n2)c2[nH]cc(C(=O)C(=O)N3CCN(C(=O)c4ccccn4)CC3)c12. The number of piperazine rings is 1. The molecular formula is C28H23N7O3. The van der Waals surface area contributed by atoms with E-state index in [2.05, 4.69) is 24.9 Å². The van der Waals surface area contributed by atoms with Gasteiger partial charge < -0.3 is 14.8 Å². The summed E-state index contributed by atoms with van der Waals surface area (Å²) in [6.07, 6.45) is 6.45. The molecule has 5 aromatic rings. The van der Waals surface area contributed by atoms with E-state index in [4.69, 9.17) is 0 Å². The summed E-state index contributed by atoms with van der Waals surface area (Å²) in [5.41, 5.74) is 4.65. The van der Waals surface area contributed by atoms with E-state index < -0.39 is 11.7 Å². The van der Waals surface area contributed by atoms with Gasteiger partial charge in [-0.25, -0.2) is 4.98 Å². The van der Waals surface area contributed by atoms with Gasteiger partial charge >= 0.3 is 0 Å². The first-order valence-electron chi connectivity index (χ1n) is 12.2. The number of para-hydroxylation sites is 2. The Morgan fingerprint density at radius 1 is 0.842 bits per heavy atom. The van der Waals surface area contributed by atoms with E-state index >= 15 is 0 Å². The van der Waals surface area contributed by atoms with E-state index in [1.54, 1.807) is 47.9 Å². The summed E-state index contributed by atoms with van der Waals surface area (Å²) in [4.78, 5) is 63.4. The molecule has 1 aromatic carbocycles. The molecule has 0 spiro atoms. The van der Waals surface area contributed by atoms with Gasteiger partial charge in [0, 0.05) is 50.2 Å². The van der Waals surface area contributed by atoms with Crippen LogP contribution in [0.1, 0.15) is 26.4 Å². The average molecular weight is 506 g/mol. The van der Waals surface area contributed by atoms with Crippen molar-refractivity contribution in [2.45, 2.75) is 6.92 Å². The van der Waals surface area contributed by atoms with Crippen molar-refractivity contribution in [2.75, 3.05) is 26.2 Å². The van der Waals surface area contributed by atoms with Gasteiger partial charge in [-0.1, -0.05) is 18.2 Å². The van der Waals surface area contributed by atoms with Gasteiger partial charge in [0.2, 0.25) is 0 Å². The molecule has 0 atom stereocenters. The number of carbonyl (C=O) groups is 3. The number of fused-ring (bicyclic) bond motifs is 2. The number of nitrogens with zero attached hydrogens (tertiary/aromatic N) is 6. The predicted octanol–water partition coefficient (Wildman–Crippen LogP) is 3.04. The lowest BCUT2D eigenvalue weighted by Gasteiger charge is -2.34. The highest BCUT2D eigenvalue weighted by molar-refractivity contribution is 6.45. The van der Waals surface area contributed by atoms with Gasteiger partial charge in [0.25, 0.3) is 17.6 Å². The number of aromatic amines is 1. The molecule has 1 aliphatic heterocycles. The first-order chi connectivity index (χ1) is 18.5. The highest BCUT2D eigenvalue weighted by atomic mass is 16.2. The number of aromatic nitrogens is 5. The zero-order valence-electron chi connectivity index (χ0n) is 20.6. The van der Waals surface area contributed by atoms with E-state index in [0.717, 1.165) is 16.6 Å². The Morgan fingerprint density at radius 3 is 2.34 bits per heavy atom. The van der Waals surface area contributed by atoms with Crippen LogP contribution in [0.15, 0.2) is 67.3 Å². The molecule has 0 aliphatic carbocycles. The summed E-state index contributed by atoms with van der Waals surface area (Å²) in [5, 5.41) is 0.632. The Bertz CT molecular complexity index is 1710. The highest BCUT2D eigenvalue weighted by Crippen LogP contribution is 2.30. The monoisotopic (exact) mass is 505 g/mol. The van der Waals surface area contributed by atoms with Crippen molar-refractivity contribution < 1.29 is 14.4 Å². The summed E-state index contributed by atoms with van der Waals surface area (Å²) in [6, 6.07) is 12.7. The summed E-state index contributed by atoms with van der Waals surface area (Å²) < 4.78 is 0. The Morgan fingerprint density at radius 2 is 1.58 bits per heavy atom. The highest BCUT2D eigenvalue weighted by Gasteiger charge is 2.31. The number of aryl methyl sites for hydroxylation is 1. The van der Waals surface area contributed by atoms with Gasteiger partial charge in [-0.2, -0.15) is 0 Å². The number of Topliss-reactive ketones (excluding diaryl/α,β-unsaturated/α-hetero) is 1. The normalized spacial score (nSPS) is 13.7. The van der Waals surface area contributed by atoms with Crippen LogP contribution in [0.5, 0.6) is 0 Å². The Labute approximate surface area is 217 Å². The minimum Gasteiger partial charge on any atom is -0.359 e. The zero-order valence-corrected chi connectivity index (χ0v) is 20.6. The molecule has 2 amide bonds. The van der Waals surface area contributed by atoms with Crippen LogP contribution in [0, 0.1) is 6.92 Å². The second-order valence-electron chi connectivity index (χ2n) is 9.11. The lowest BCUT2D eigenvalue weighted by atomic mass is 10.0. The largest absolute Gasteiger partial charge is 0.359 e. The van der Waals surface area contributed by atoms with Crippen LogP contribution >= 0.6 is 0 Å². The standard InChI is InChI=1S/C28H23N7O3/c1-17-14-31-24(22-16-30-19-6-2-3-7-20(19)33-22)25-23(17)18(15-32-25)26(36)28(38)35-12-10-34(11-13-35)27(37)21-8-4-5-9-29-21/h2-9,14-16,32H,10-13H2,1H3. The van der Waals surface area contributed by atoms with E-state index in [1.165, 1.54) is 4.90 Å². The van der Waals surface area contributed by atoms with Crippen molar-refractivity contribution in [3.05, 3.63) is 84.1 Å². The molecular weight excluding hydrogens is 482 g/mol. The second-order valence-corrected chi connectivity index (χ2v) is 9.11. The molecule has 1 fully saturated rings. The number of ketones is 1. The molecule has 4 aromatic heterocycles. The number of benzene rings is 1. The molecule has 10 nitrogen and oxygen atoms in total. The van der Waals surface area contributed by atoms with Gasteiger partial charge in [0.15, 0.2) is 0 Å². The summed E-state index contributed by atoms with van der Waals surface area (Å²) in [5.74, 6) is -1.39. The molecule has 6 rings (SSSR count). The molecule has 0 bridgehead atoms. The van der Waals surface area contributed by atoms with Gasteiger partial charge in [-0.05, 0) is 36.8 Å². The van der Waals surface area contributed by atoms with Crippen LogP contribution in [0.25, 0.3) is 33.3 Å². The van der Waals surface area contributed by atoms with Crippen molar-refractivity contribution in [3.8, 4) is 11.4 Å². The number of hydrogen-bond donors (Lipinski definition) is 1. The maximum absolute atomic E-state index is 13.4. The quantitative estimate of drug-likeness (QED) is 0.294. The van der Waals surface area contributed by atoms with Crippen molar-refractivity contribution in [3.63, 3.8) is 0 Å². The molecule has 1 saturated heterocycles. The van der Waals surface area contributed by atoms with Crippen LogP contribution in [-0.2, 0) is 4.79 Å². The number of hydrogen-bond acceptors (Lipinski definition) is 7. The molecule has 188 valence electrons. The molecule has 5 heterocycles. The number of pyridine rings is 2. The minimum atomic E-state index is -0.606. The third-order valence-electron chi connectivity index (χ3n) is 6.77. The number of amides is 2. The van der Waals surface area contributed by atoms with E-state index in [0.29, 0.717) is 41.1 Å². The molecule has 1 N–H and O–H groups in total. The van der Waals surface area contributed by atoms with Crippen molar-refractivity contribution >= 4 is 39.5 Å². The fourth-order valence-corrected chi connectivity index (χ4v) is 4.78. The Balaban J connectivity index is 1.24. The summed E-state index contributed by atoms with van der Waals surface area (Å²) >= 11 is 0. The van der Waals surface area contributed by atoms with Crippen molar-refractivity contribution in [1.82, 2.24) is 34.7 Å². The Hall–Kier alpha value is -4.99. The molecule has 0 saturated carbocycles. The first-order valence-corrected chi connectivity index (χ1v) is 12.2. The summed E-state index contributed by atoms with van der Waals surface area (Å²) in [7, 11) is 0. The van der Waals surface area contributed by atoms with Crippen LogP contribution < -0.4 is 0 Å². The maximum atomic E-state index is 13.4. The van der Waals surface area contributed by atoms with Crippen molar-refractivity contribution in [1.29, 1.82) is 0 Å². The average Bonchev–Trinajstić information content (AvgIpc) is 3.43. The van der Waals surface area contributed by atoms with Crippen LogP contribution in [0.2, 0.25) is 0 Å². The predicted molar refractivity (Wildman–Crippen MR) is 140 cm³/mol. The van der Waals surface area contributed by atoms with Crippen LogP contribution in [-0.4, -0.2) is 78.5 Å². The molecule has 0 radical (unpaired) electrons. The van der Waals surface area contributed by atoms with E-state index in [1.807, 2.05) is 31.2 Å². The van der Waals surface area contributed by atoms with Gasteiger partial charge in [0.1, 0.15) is 17.1 Å². The number of carbonyl (C=O) groups excluding carboxylic acids is 3. The summed E-state index contributed by atoms with van der Waals surface area (Å²) in [6.45, 7) is 3.04. The third kappa shape index (κ3) is 4.05. The molecule has 0 unspecified atom stereocenters. The number of nitrogens with one attached hydrogen (secondary N) is 1. The topological polar surface area (TPSA) is 125 Å². The number of rotatable bonds is 4. The van der Waals surface area contributed by atoms with Crippen LogP contribution in [0.4, 0.5) is 0 Å². The fourth-order valence-electron chi connectivity index (χ4n) is 4.78. The molecule has 38 heavy (non-hydrogen) atoms. The lowest BCUT2D eigenvalue weighted by Crippen LogP contribution is -2.52. The van der Waals surface area contributed by atoms with E-state index in [9.17, 15) is 14.4 Å².